The lowest BCUT2D eigenvalue weighted by molar-refractivity contribution is 0.322. The molecule has 0 aromatic heterocycles. The third kappa shape index (κ3) is 3.37. The van der Waals surface area contributed by atoms with Crippen LogP contribution in [0.1, 0.15) is 18.1 Å². The average Bonchev–Trinajstić information content (AvgIpc) is 2.74. The summed E-state index contributed by atoms with van der Waals surface area (Å²) in [5, 5.41) is 0.653. The number of aliphatic imine (C=N–C) groups is 2. The van der Waals surface area contributed by atoms with Gasteiger partial charge in [-0.15, -0.1) is 0 Å². The fraction of sp³-hybridized carbons (Fsp3) is 0.222. The van der Waals surface area contributed by atoms with Crippen molar-refractivity contribution in [3.05, 3.63) is 58.6 Å². The number of halogens is 1. The number of fused-ring (bicyclic) bond motifs is 1. The van der Waals surface area contributed by atoms with Crippen LogP contribution in [0, 0.1) is 0 Å². The van der Waals surface area contributed by atoms with Gasteiger partial charge in [-0.2, -0.15) is 0 Å². The maximum atomic E-state index is 6.17. The van der Waals surface area contributed by atoms with Crippen molar-refractivity contribution in [3.8, 4) is 5.75 Å². The van der Waals surface area contributed by atoms with E-state index < -0.39 is 0 Å². The molecule has 0 fully saturated rings. The Bertz CT molecular complexity index is 767. The number of hydrogen-bond acceptors (Lipinski definition) is 4. The van der Waals surface area contributed by atoms with E-state index in [9.17, 15) is 0 Å². The molecule has 5 heteroatoms. The van der Waals surface area contributed by atoms with E-state index in [0.29, 0.717) is 24.1 Å². The molecule has 2 aromatic carbocycles. The van der Waals surface area contributed by atoms with Crippen LogP contribution in [0.3, 0.4) is 0 Å². The van der Waals surface area contributed by atoms with Gasteiger partial charge in [0.05, 0.1) is 25.1 Å². The molecule has 1 aliphatic rings. The van der Waals surface area contributed by atoms with Gasteiger partial charge >= 0.3 is 0 Å². The van der Waals surface area contributed by atoms with Crippen LogP contribution >= 0.6 is 11.6 Å². The monoisotopic (exact) mass is 328 g/mol. The van der Waals surface area contributed by atoms with Crippen LogP contribution in [-0.4, -0.2) is 31.9 Å². The second-order valence-electron chi connectivity index (χ2n) is 4.99. The average molecular weight is 329 g/mol. The van der Waals surface area contributed by atoms with Crippen LogP contribution in [0.4, 0.5) is 5.69 Å². The zero-order valence-electron chi connectivity index (χ0n) is 13.0. The van der Waals surface area contributed by atoms with Gasteiger partial charge in [0.2, 0.25) is 5.90 Å². The first-order valence-corrected chi connectivity index (χ1v) is 7.78. The quantitative estimate of drug-likeness (QED) is 0.844. The third-order valence-corrected chi connectivity index (χ3v) is 3.74. The summed E-state index contributed by atoms with van der Waals surface area (Å²) in [6.07, 6.45) is 0. The predicted octanol–water partition coefficient (Wildman–Crippen LogP) is 4.27. The highest BCUT2D eigenvalue weighted by Crippen LogP contribution is 2.29. The van der Waals surface area contributed by atoms with Crippen molar-refractivity contribution in [2.45, 2.75) is 6.92 Å². The van der Waals surface area contributed by atoms with Gasteiger partial charge in [0.15, 0.2) is 0 Å². The normalized spacial score (nSPS) is 13.5. The minimum absolute atomic E-state index is 0.404. The number of methoxy groups -OCH3 is 1. The molecule has 2 aromatic rings. The van der Waals surface area contributed by atoms with Crippen LogP contribution in [0.15, 0.2) is 52.4 Å². The summed E-state index contributed by atoms with van der Waals surface area (Å²) in [6, 6.07) is 13.4. The summed E-state index contributed by atoms with van der Waals surface area (Å²) in [5.41, 5.74) is 3.55. The number of rotatable bonds is 3. The van der Waals surface area contributed by atoms with Gasteiger partial charge in [0.25, 0.3) is 0 Å². The first-order valence-electron chi connectivity index (χ1n) is 7.40. The number of ether oxygens (including phenoxy) is 2. The maximum absolute atomic E-state index is 6.17. The first-order chi connectivity index (χ1) is 11.2. The van der Waals surface area contributed by atoms with E-state index in [-0.39, 0.29) is 0 Å². The number of hydrogen-bond donors (Lipinski definition) is 0. The highest BCUT2D eigenvalue weighted by Gasteiger charge is 2.17. The molecule has 118 valence electrons. The molecule has 0 aliphatic carbocycles. The topological polar surface area (TPSA) is 43.2 Å². The molecular formula is C18H17ClN2O2. The summed E-state index contributed by atoms with van der Waals surface area (Å²) in [4.78, 5) is 9.27. The summed E-state index contributed by atoms with van der Waals surface area (Å²) in [6.45, 7) is 2.90. The van der Waals surface area contributed by atoms with Crippen LogP contribution in [0.2, 0.25) is 5.02 Å². The third-order valence-electron chi connectivity index (χ3n) is 3.51. The fourth-order valence-electron chi connectivity index (χ4n) is 2.44. The predicted molar refractivity (Wildman–Crippen MR) is 93.7 cm³/mol. The van der Waals surface area contributed by atoms with Gasteiger partial charge in [-0.1, -0.05) is 11.6 Å². The van der Waals surface area contributed by atoms with E-state index in [2.05, 4.69) is 4.99 Å². The Hall–Kier alpha value is -2.33. The molecule has 0 saturated carbocycles. The van der Waals surface area contributed by atoms with Gasteiger partial charge in [0, 0.05) is 16.1 Å². The van der Waals surface area contributed by atoms with Crippen LogP contribution < -0.4 is 4.74 Å². The lowest BCUT2D eigenvalue weighted by Gasteiger charge is -2.09. The van der Waals surface area contributed by atoms with Crippen LogP contribution in [0.5, 0.6) is 5.75 Å². The molecule has 1 heterocycles. The summed E-state index contributed by atoms with van der Waals surface area (Å²) >= 11 is 6.17. The smallest absolute Gasteiger partial charge is 0.210 e. The molecule has 3 rings (SSSR count). The molecule has 0 atom stereocenters. The Morgan fingerprint density at radius 3 is 2.61 bits per heavy atom. The minimum atomic E-state index is 0.404. The molecule has 0 amide bonds. The molecule has 0 spiro atoms. The van der Waals surface area contributed by atoms with Crippen molar-refractivity contribution in [1.82, 2.24) is 0 Å². The van der Waals surface area contributed by atoms with Crippen LogP contribution in [0.25, 0.3) is 0 Å². The Kier molecular flexibility index (Phi) is 4.63. The van der Waals surface area contributed by atoms with E-state index in [1.54, 1.807) is 7.11 Å². The highest BCUT2D eigenvalue weighted by molar-refractivity contribution is 6.31. The van der Waals surface area contributed by atoms with Gasteiger partial charge in [0.1, 0.15) is 12.3 Å². The summed E-state index contributed by atoms with van der Waals surface area (Å²) in [5.74, 6) is 1.42. The fourth-order valence-corrected chi connectivity index (χ4v) is 2.61. The molecule has 0 radical (unpaired) electrons. The van der Waals surface area contributed by atoms with Crippen molar-refractivity contribution < 1.29 is 9.47 Å². The Morgan fingerprint density at radius 1 is 1.13 bits per heavy atom. The Labute approximate surface area is 140 Å². The zero-order chi connectivity index (χ0) is 16.2. The minimum Gasteiger partial charge on any atom is -0.497 e. The molecule has 1 aliphatic heterocycles. The number of benzene rings is 2. The SMILES string of the molecule is CCOC1=Nc2ccc(Cl)cc2C(c2ccc(OC)cc2)=NC1. The molecule has 0 saturated heterocycles. The van der Waals surface area contributed by atoms with Crippen molar-refractivity contribution in [2.75, 3.05) is 20.3 Å². The van der Waals surface area contributed by atoms with Gasteiger partial charge in [-0.25, -0.2) is 4.99 Å². The second kappa shape index (κ2) is 6.84. The zero-order valence-corrected chi connectivity index (χ0v) is 13.8. The molecular weight excluding hydrogens is 312 g/mol. The van der Waals surface area contributed by atoms with Crippen LogP contribution in [-0.2, 0) is 4.74 Å². The molecule has 0 N–H and O–H groups in total. The van der Waals surface area contributed by atoms with Crippen molar-refractivity contribution in [2.24, 2.45) is 9.98 Å². The molecule has 0 unspecified atom stereocenters. The van der Waals surface area contributed by atoms with Crippen molar-refractivity contribution >= 4 is 28.9 Å². The maximum Gasteiger partial charge on any atom is 0.210 e. The van der Waals surface area contributed by atoms with E-state index in [1.807, 2.05) is 49.4 Å². The Morgan fingerprint density at radius 2 is 1.91 bits per heavy atom. The second-order valence-corrected chi connectivity index (χ2v) is 5.43. The Balaban J connectivity index is 2.09. The standard InChI is InChI=1S/C18H17ClN2O2/c1-3-23-17-11-20-18(12-4-7-14(22-2)8-5-12)15-10-13(19)6-9-16(15)21-17/h4-10H,3,11H2,1-2H3. The highest BCUT2D eigenvalue weighted by atomic mass is 35.5. The van der Waals surface area contributed by atoms with E-state index in [0.717, 1.165) is 28.3 Å². The number of nitrogens with zero attached hydrogens (tertiary/aromatic N) is 2. The van der Waals surface area contributed by atoms with E-state index >= 15 is 0 Å². The van der Waals surface area contributed by atoms with Gasteiger partial charge < -0.3 is 9.47 Å². The first kappa shape index (κ1) is 15.6. The molecule has 0 bridgehead atoms. The van der Waals surface area contributed by atoms with Crippen molar-refractivity contribution in [3.63, 3.8) is 0 Å². The lowest BCUT2D eigenvalue weighted by atomic mass is 10.0. The van der Waals surface area contributed by atoms with Crippen molar-refractivity contribution in [1.29, 1.82) is 0 Å². The molecule has 4 nitrogen and oxygen atoms in total. The largest absolute Gasteiger partial charge is 0.497 e. The van der Waals surface area contributed by atoms with Gasteiger partial charge in [-0.3, -0.25) is 4.99 Å². The van der Waals surface area contributed by atoms with E-state index in [4.69, 9.17) is 26.1 Å². The summed E-state index contributed by atoms with van der Waals surface area (Å²) in [7, 11) is 1.65. The van der Waals surface area contributed by atoms with Gasteiger partial charge in [-0.05, 0) is 49.4 Å². The summed E-state index contributed by atoms with van der Waals surface area (Å²) < 4.78 is 10.8. The molecule has 23 heavy (non-hydrogen) atoms. The van der Waals surface area contributed by atoms with E-state index in [1.165, 1.54) is 0 Å². The lowest BCUT2D eigenvalue weighted by Crippen LogP contribution is -2.09.